The minimum atomic E-state index is -3.80. The normalized spacial score (nSPS) is 18.3. The van der Waals surface area contributed by atoms with E-state index >= 15 is 0 Å². The van der Waals surface area contributed by atoms with Crippen LogP contribution in [0.4, 0.5) is 0 Å². The Labute approximate surface area is 221 Å². The van der Waals surface area contributed by atoms with Gasteiger partial charge in [0.25, 0.3) is 0 Å². The highest BCUT2D eigenvalue weighted by Gasteiger charge is 2.53. The van der Waals surface area contributed by atoms with Crippen molar-refractivity contribution in [2.75, 3.05) is 12.9 Å². The minimum Gasteiger partial charge on any atom is -0.497 e. The molecule has 0 unspecified atom stereocenters. The molecule has 6 heteroatoms. The number of ketones is 1. The molecule has 0 fully saturated rings. The third-order valence-corrected chi connectivity index (χ3v) is 9.49. The van der Waals surface area contributed by atoms with E-state index in [0.717, 1.165) is 33.4 Å². The van der Waals surface area contributed by atoms with Crippen LogP contribution in [0.25, 0.3) is 11.1 Å². The fourth-order valence-electron chi connectivity index (χ4n) is 5.83. The quantitative estimate of drug-likeness (QED) is 0.293. The molecule has 184 valence electrons. The third-order valence-electron chi connectivity index (χ3n) is 7.37. The first-order chi connectivity index (χ1) is 17.8. The zero-order valence-corrected chi connectivity index (χ0v) is 21.6. The second-order valence-electron chi connectivity index (χ2n) is 9.47. The lowest BCUT2D eigenvalue weighted by molar-refractivity contribution is 0.0961. The predicted octanol–water partition coefficient (Wildman–Crippen LogP) is 6.62. The van der Waals surface area contributed by atoms with Crippen LogP contribution in [0.2, 0.25) is 5.02 Å². The molecule has 4 aromatic carbocycles. The lowest BCUT2D eigenvalue weighted by atomic mass is 9.67. The Kier molecular flexibility index (Phi) is 5.59. The molecule has 0 N–H and O–H groups in total. The number of rotatable bonds is 5. The van der Waals surface area contributed by atoms with Gasteiger partial charge in [-0.1, -0.05) is 72.3 Å². The Morgan fingerprint density at radius 3 is 2.27 bits per heavy atom. The Morgan fingerprint density at radius 2 is 1.54 bits per heavy atom. The summed E-state index contributed by atoms with van der Waals surface area (Å²) in [6.45, 7) is 0. The van der Waals surface area contributed by atoms with Gasteiger partial charge in [0, 0.05) is 22.4 Å². The molecule has 4 nitrogen and oxygen atoms in total. The summed E-state index contributed by atoms with van der Waals surface area (Å²) in [6.07, 6.45) is 0.0443. The fraction of sp³-hybridized carbons (Fsp3) is 0.129. The van der Waals surface area contributed by atoms with E-state index in [9.17, 15) is 13.2 Å². The molecule has 6 rings (SSSR count). The van der Waals surface area contributed by atoms with Crippen molar-refractivity contribution in [3.05, 3.63) is 130 Å². The van der Waals surface area contributed by atoms with E-state index < -0.39 is 15.3 Å². The number of sulfone groups is 1. The highest BCUT2D eigenvalue weighted by Crippen LogP contribution is 2.59. The van der Waals surface area contributed by atoms with Crippen LogP contribution < -0.4 is 4.74 Å². The Morgan fingerprint density at radius 1 is 0.838 bits per heavy atom. The summed E-state index contributed by atoms with van der Waals surface area (Å²) >= 11 is 6.04. The van der Waals surface area contributed by atoms with Crippen molar-refractivity contribution in [3.63, 3.8) is 0 Å². The first-order valence-electron chi connectivity index (χ1n) is 11.9. The molecule has 0 amide bonds. The second-order valence-corrected chi connectivity index (χ2v) is 11.9. The number of methoxy groups -OCH3 is 1. The fourth-order valence-corrected chi connectivity index (χ4v) is 7.72. The van der Waals surface area contributed by atoms with E-state index in [1.54, 1.807) is 25.3 Å². The number of ether oxygens (including phenoxy) is 1. The molecule has 0 saturated carbocycles. The first-order valence-corrected chi connectivity index (χ1v) is 14.0. The standard InChI is InChI=1S/C31H23ClO4S/c1-36-22-13-16-24-26(17-22)28(33)18-31(19-37(34,35)23-14-11-21(32)12-15-23)27-10-6-5-9-25(27)29(30(24)31)20-7-3-2-4-8-20/h2-17H,18-19H2,1H3/t31-/m0/s1. The number of benzene rings is 4. The molecule has 0 radical (unpaired) electrons. The van der Waals surface area contributed by atoms with E-state index in [4.69, 9.17) is 16.3 Å². The van der Waals surface area contributed by atoms with Gasteiger partial charge in [0.1, 0.15) is 5.75 Å². The first kappa shape index (κ1) is 23.7. The van der Waals surface area contributed by atoms with Crippen molar-refractivity contribution >= 4 is 38.4 Å². The lowest BCUT2D eigenvalue weighted by Gasteiger charge is -2.38. The maximum absolute atomic E-state index is 13.9. The van der Waals surface area contributed by atoms with E-state index in [1.165, 1.54) is 12.1 Å². The molecule has 0 saturated heterocycles. The summed E-state index contributed by atoms with van der Waals surface area (Å²) in [4.78, 5) is 13.9. The number of hydrogen-bond donors (Lipinski definition) is 0. The zero-order valence-electron chi connectivity index (χ0n) is 20.1. The van der Waals surface area contributed by atoms with Crippen molar-refractivity contribution in [2.45, 2.75) is 16.7 Å². The van der Waals surface area contributed by atoms with Gasteiger partial charge >= 0.3 is 0 Å². The number of carbonyl (C=O) groups excluding carboxylic acids is 1. The molecule has 37 heavy (non-hydrogen) atoms. The van der Waals surface area contributed by atoms with Gasteiger partial charge in [-0.3, -0.25) is 4.79 Å². The van der Waals surface area contributed by atoms with E-state index in [2.05, 4.69) is 0 Å². The molecule has 0 bridgehead atoms. The lowest BCUT2D eigenvalue weighted by Crippen LogP contribution is -2.40. The number of allylic oxidation sites excluding steroid dienone is 1. The van der Waals surface area contributed by atoms with Gasteiger partial charge in [-0.05, 0) is 69.8 Å². The topological polar surface area (TPSA) is 60.4 Å². The highest BCUT2D eigenvalue weighted by atomic mass is 35.5. The molecule has 1 atom stereocenters. The van der Waals surface area contributed by atoms with Crippen LogP contribution in [0.3, 0.4) is 0 Å². The van der Waals surface area contributed by atoms with Gasteiger partial charge in [0.05, 0.1) is 17.8 Å². The number of carbonyl (C=O) groups is 1. The molecular formula is C31H23ClO4S. The van der Waals surface area contributed by atoms with Crippen LogP contribution in [0, 0.1) is 0 Å². The van der Waals surface area contributed by atoms with Crippen molar-refractivity contribution in [3.8, 4) is 5.75 Å². The van der Waals surface area contributed by atoms with Crippen LogP contribution in [-0.2, 0) is 15.3 Å². The minimum absolute atomic E-state index is 0.0443. The summed E-state index contributed by atoms with van der Waals surface area (Å²) in [6, 6.07) is 29.5. The molecule has 0 aromatic heterocycles. The third kappa shape index (κ3) is 3.73. The Hall–Kier alpha value is -3.67. The average molecular weight is 527 g/mol. The van der Waals surface area contributed by atoms with E-state index in [0.29, 0.717) is 16.3 Å². The van der Waals surface area contributed by atoms with Gasteiger partial charge in [-0.2, -0.15) is 0 Å². The van der Waals surface area contributed by atoms with Gasteiger partial charge in [-0.15, -0.1) is 0 Å². The summed E-state index contributed by atoms with van der Waals surface area (Å²) in [5.41, 5.74) is 4.87. The summed E-state index contributed by atoms with van der Waals surface area (Å²) in [5, 5.41) is 0.464. The largest absolute Gasteiger partial charge is 0.497 e. The van der Waals surface area contributed by atoms with Crippen LogP contribution in [0.15, 0.2) is 102 Å². The van der Waals surface area contributed by atoms with Crippen molar-refractivity contribution in [1.82, 2.24) is 0 Å². The molecule has 4 aromatic rings. The van der Waals surface area contributed by atoms with Gasteiger partial charge in [0.2, 0.25) is 0 Å². The molecule has 0 spiro atoms. The summed E-state index contributed by atoms with van der Waals surface area (Å²) < 4.78 is 33.3. The van der Waals surface area contributed by atoms with Crippen molar-refractivity contribution in [2.24, 2.45) is 0 Å². The van der Waals surface area contributed by atoms with Gasteiger partial charge in [-0.25, -0.2) is 8.42 Å². The zero-order chi connectivity index (χ0) is 25.8. The summed E-state index contributed by atoms with van der Waals surface area (Å²) in [5.74, 6) is 0.250. The molecule has 0 aliphatic heterocycles. The number of Topliss-reactive ketones (excluding diaryl/α,β-unsaturated/α-hetero) is 1. The van der Waals surface area contributed by atoms with Crippen LogP contribution in [-0.4, -0.2) is 27.1 Å². The van der Waals surface area contributed by atoms with Crippen molar-refractivity contribution < 1.29 is 17.9 Å². The summed E-state index contributed by atoms with van der Waals surface area (Å²) in [7, 11) is -2.23. The smallest absolute Gasteiger partial charge is 0.179 e. The molecule has 0 heterocycles. The SMILES string of the molecule is COc1ccc2c(c1)C(=O)C[C@@]1(CS(=O)(=O)c3ccc(Cl)cc3)C2=C(c2ccccc2)c2ccccc21. The van der Waals surface area contributed by atoms with E-state index in [-0.39, 0.29) is 22.9 Å². The molecule has 2 aliphatic rings. The monoisotopic (exact) mass is 526 g/mol. The van der Waals surface area contributed by atoms with Crippen LogP contribution >= 0.6 is 11.6 Å². The Balaban J connectivity index is 1.68. The maximum atomic E-state index is 13.9. The maximum Gasteiger partial charge on any atom is 0.179 e. The molecule has 2 aliphatic carbocycles. The predicted molar refractivity (Wildman–Crippen MR) is 146 cm³/mol. The van der Waals surface area contributed by atoms with Crippen LogP contribution in [0.5, 0.6) is 5.75 Å². The second kappa shape index (κ2) is 8.72. The average Bonchev–Trinajstić information content (AvgIpc) is 3.18. The highest BCUT2D eigenvalue weighted by molar-refractivity contribution is 7.91. The van der Waals surface area contributed by atoms with E-state index in [1.807, 2.05) is 66.7 Å². The number of hydrogen-bond acceptors (Lipinski definition) is 4. The number of fused-ring (bicyclic) bond motifs is 5. The van der Waals surface area contributed by atoms with Crippen LogP contribution in [0.1, 0.15) is 39.0 Å². The molecular weight excluding hydrogens is 504 g/mol. The number of halogens is 1. The van der Waals surface area contributed by atoms with Gasteiger partial charge < -0.3 is 4.74 Å². The van der Waals surface area contributed by atoms with Crippen molar-refractivity contribution in [1.29, 1.82) is 0 Å². The Bertz CT molecular complexity index is 1690. The van der Waals surface area contributed by atoms with Gasteiger partial charge in [0.15, 0.2) is 15.6 Å².